The van der Waals surface area contributed by atoms with Crippen molar-refractivity contribution in [2.45, 2.75) is 18.9 Å². The molecule has 1 fully saturated rings. The third kappa shape index (κ3) is 3.55. The van der Waals surface area contributed by atoms with Gasteiger partial charge in [-0.1, -0.05) is 65.8 Å². The molecule has 0 aliphatic carbocycles. The maximum Gasteiger partial charge on any atom is 0.323 e. The fraction of sp³-hybridized carbons (Fsp3) is 0.182. The summed E-state index contributed by atoms with van der Waals surface area (Å²) in [7, 11) is 0. The van der Waals surface area contributed by atoms with Crippen LogP contribution in [-0.4, -0.2) is 37.8 Å². The minimum absolute atomic E-state index is 0.157. The van der Waals surface area contributed by atoms with Crippen LogP contribution in [0.3, 0.4) is 0 Å². The van der Waals surface area contributed by atoms with E-state index in [1.54, 1.807) is 11.0 Å². The highest BCUT2D eigenvalue weighted by atomic mass is 16.5. The van der Waals surface area contributed by atoms with E-state index < -0.39 is 0 Å². The number of carbonyl (C=O) groups excluding carboxylic acids is 1. The minimum atomic E-state index is -0.233. The van der Waals surface area contributed by atoms with E-state index in [9.17, 15) is 4.79 Å². The zero-order valence-corrected chi connectivity index (χ0v) is 16.2. The van der Waals surface area contributed by atoms with Gasteiger partial charge in [0, 0.05) is 23.7 Å². The van der Waals surface area contributed by atoms with Crippen molar-refractivity contribution >= 4 is 11.8 Å². The molecule has 2 amide bonds. The predicted molar refractivity (Wildman–Crippen MR) is 111 cm³/mol. The summed E-state index contributed by atoms with van der Waals surface area (Å²) in [4.78, 5) is 19.3. The lowest BCUT2D eigenvalue weighted by molar-refractivity contribution is 0.205. The first kappa shape index (κ1) is 18.1. The molecule has 2 aromatic heterocycles. The summed E-state index contributed by atoms with van der Waals surface area (Å²) < 4.78 is 5.37. The van der Waals surface area contributed by atoms with E-state index in [1.807, 2.05) is 60.7 Å². The van der Waals surface area contributed by atoms with Gasteiger partial charge in [0.15, 0.2) is 17.4 Å². The Labute approximate surface area is 172 Å². The number of aromatic amines is 1. The van der Waals surface area contributed by atoms with Crippen molar-refractivity contribution in [2.24, 2.45) is 0 Å². The Bertz CT molecular complexity index is 1140. The zero-order chi connectivity index (χ0) is 20.3. The zero-order valence-electron chi connectivity index (χ0n) is 16.2. The first-order chi connectivity index (χ1) is 14.8. The summed E-state index contributed by atoms with van der Waals surface area (Å²) >= 11 is 0. The highest BCUT2D eigenvalue weighted by molar-refractivity contribution is 5.89. The molecule has 150 valence electrons. The lowest BCUT2D eigenvalue weighted by Crippen LogP contribution is -2.35. The van der Waals surface area contributed by atoms with Gasteiger partial charge in [-0.2, -0.15) is 5.10 Å². The molecule has 3 heterocycles. The number of nitrogens with one attached hydrogen (secondary N) is 2. The van der Waals surface area contributed by atoms with Crippen molar-refractivity contribution in [3.63, 3.8) is 0 Å². The normalized spacial score (nSPS) is 16.0. The third-order valence-electron chi connectivity index (χ3n) is 5.17. The molecule has 1 atom stereocenters. The lowest BCUT2D eigenvalue weighted by atomic mass is 10.2. The molecule has 1 unspecified atom stereocenters. The second kappa shape index (κ2) is 7.82. The second-order valence-electron chi connectivity index (χ2n) is 7.13. The lowest BCUT2D eigenvalue weighted by Gasteiger charge is -2.22. The Kier molecular flexibility index (Phi) is 4.72. The number of rotatable bonds is 4. The highest BCUT2D eigenvalue weighted by Crippen LogP contribution is 2.31. The number of hydrogen-bond acceptors (Lipinski definition) is 5. The quantitative estimate of drug-likeness (QED) is 0.525. The van der Waals surface area contributed by atoms with Crippen molar-refractivity contribution in [3.05, 3.63) is 72.6 Å². The van der Waals surface area contributed by atoms with Gasteiger partial charge in [-0.05, 0) is 12.8 Å². The number of H-pyrrole nitrogens is 1. The van der Waals surface area contributed by atoms with E-state index in [0.29, 0.717) is 29.8 Å². The Balaban J connectivity index is 1.30. The average Bonchev–Trinajstić information content (AvgIpc) is 3.55. The second-order valence-corrected chi connectivity index (χ2v) is 7.13. The van der Waals surface area contributed by atoms with Crippen molar-refractivity contribution < 1.29 is 9.32 Å². The fourth-order valence-electron chi connectivity index (χ4n) is 3.69. The standard InChI is InChI=1S/C22H20N6O2/c29-22(23-19-14-18(30-27-19)15-8-3-1-4-9-15)28-13-7-12-17(28)21-24-20(25-26-21)16-10-5-2-6-11-16/h1-6,8-11,14,17H,7,12-13H2,(H,23,27,29)(H,24,25,26). The van der Waals surface area contributed by atoms with Crippen LogP contribution in [0.25, 0.3) is 22.7 Å². The van der Waals surface area contributed by atoms with E-state index in [-0.39, 0.29) is 12.1 Å². The largest absolute Gasteiger partial charge is 0.354 e. The van der Waals surface area contributed by atoms with Crippen LogP contribution < -0.4 is 5.32 Å². The van der Waals surface area contributed by atoms with E-state index in [4.69, 9.17) is 4.52 Å². The summed E-state index contributed by atoms with van der Waals surface area (Å²) in [6.45, 7) is 0.640. The van der Waals surface area contributed by atoms with Gasteiger partial charge in [-0.3, -0.25) is 10.4 Å². The highest BCUT2D eigenvalue weighted by Gasteiger charge is 2.33. The third-order valence-corrected chi connectivity index (χ3v) is 5.17. The van der Waals surface area contributed by atoms with Crippen LogP contribution in [0.1, 0.15) is 24.7 Å². The molecule has 1 aliphatic heterocycles. The van der Waals surface area contributed by atoms with Gasteiger partial charge >= 0.3 is 6.03 Å². The monoisotopic (exact) mass is 400 g/mol. The molecule has 0 spiro atoms. The van der Waals surface area contributed by atoms with Crippen molar-refractivity contribution in [1.82, 2.24) is 25.2 Å². The maximum atomic E-state index is 12.9. The van der Waals surface area contributed by atoms with Crippen molar-refractivity contribution in [1.29, 1.82) is 0 Å². The first-order valence-corrected chi connectivity index (χ1v) is 9.85. The van der Waals surface area contributed by atoms with Crippen LogP contribution in [0, 0.1) is 0 Å². The molecule has 5 rings (SSSR count). The van der Waals surface area contributed by atoms with Crippen LogP contribution in [0.5, 0.6) is 0 Å². The number of benzene rings is 2. The molecule has 1 saturated heterocycles. The number of carbonyl (C=O) groups is 1. The van der Waals surface area contributed by atoms with Gasteiger partial charge in [0.25, 0.3) is 0 Å². The average molecular weight is 400 g/mol. The van der Waals surface area contributed by atoms with E-state index in [2.05, 4.69) is 25.7 Å². The number of anilines is 1. The fourth-order valence-corrected chi connectivity index (χ4v) is 3.69. The van der Waals surface area contributed by atoms with Crippen LogP contribution >= 0.6 is 0 Å². The van der Waals surface area contributed by atoms with Gasteiger partial charge in [0.1, 0.15) is 5.82 Å². The van der Waals surface area contributed by atoms with Gasteiger partial charge in [-0.25, -0.2) is 9.78 Å². The molecular formula is C22H20N6O2. The summed E-state index contributed by atoms with van der Waals surface area (Å²) in [5.74, 6) is 2.30. The number of aromatic nitrogens is 4. The SMILES string of the molecule is O=C(Nc1cc(-c2ccccc2)on1)N1CCCC1c1nc(-c2ccccc2)n[nH]1. The summed E-state index contributed by atoms with van der Waals surface area (Å²) in [6.07, 6.45) is 1.72. The van der Waals surface area contributed by atoms with E-state index in [0.717, 1.165) is 24.0 Å². The van der Waals surface area contributed by atoms with Gasteiger partial charge in [0.05, 0.1) is 6.04 Å². The Morgan fingerprint density at radius 2 is 1.80 bits per heavy atom. The molecule has 8 nitrogen and oxygen atoms in total. The molecule has 1 aliphatic rings. The topological polar surface area (TPSA) is 99.9 Å². The maximum absolute atomic E-state index is 12.9. The first-order valence-electron chi connectivity index (χ1n) is 9.85. The van der Waals surface area contributed by atoms with Crippen LogP contribution in [0.2, 0.25) is 0 Å². The molecule has 0 radical (unpaired) electrons. The molecule has 0 saturated carbocycles. The van der Waals surface area contributed by atoms with Gasteiger partial charge in [0.2, 0.25) is 0 Å². The van der Waals surface area contributed by atoms with Crippen molar-refractivity contribution in [3.8, 4) is 22.7 Å². The van der Waals surface area contributed by atoms with Gasteiger partial charge in [-0.15, -0.1) is 0 Å². The number of amides is 2. The minimum Gasteiger partial charge on any atom is -0.354 e. The molecule has 0 bridgehead atoms. The van der Waals surface area contributed by atoms with E-state index in [1.165, 1.54) is 0 Å². The predicted octanol–water partition coefficient (Wildman–Crippen LogP) is 4.50. The molecule has 4 aromatic rings. The smallest absolute Gasteiger partial charge is 0.323 e. The van der Waals surface area contributed by atoms with Gasteiger partial charge < -0.3 is 9.42 Å². The molecule has 8 heteroatoms. The number of urea groups is 1. The van der Waals surface area contributed by atoms with Crippen LogP contribution in [0.15, 0.2) is 71.3 Å². The molecule has 2 aromatic carbocycles. The number of hydrogen-bond donors (Lipinski definition) is 2. The summed E-state index contributed by atoms with van der Waals surface area (Å²) in [5.41, 5.74) is 1.84. The Morgan fingerprint density at radius 3 is 2.57 bits per heavy atom. The van der Waals surface area contributed by atoms with Crippen molar-refractivity contribution in [2.75, 3.05) is 11.9 Å². The van der Waals surface area contributed by atoms with E-state index >= 15 is 0 Å². The molecular weight excluding hydrogens is 380 g/mol. The van der Waals surface area contributed by atoms with Crippen LogP contribution in [-0.2, 0) is 0 Å². The summed E-state index contributed by atoms with van der Waals surface area (Å²) in [5, 5.41) is 14.1. The number of likely N-dealkylation sites (tertiary alicyclic amines) is 1. The molecule has 30 heavy (non-hydrogen) atoms. The molecule has 2 N–H and O–H groups in total. The Morgan fingerprint density at radius 1 is 1.07 bits per heavy atom. The van der Waals surface area contributed by atoms with Crippen LogP contribution in [0.4, 0.5) is 10.6 Å². The summed E-state index contributed by atoms with van der Waals surface area (Å²) in [6, 6.07) is 20.7. The Hall–Kier alpha value is -3.94. The number of nitrogens with zero attached hydrogens (tertiary/aromatic N) is 4.